The van der Waals surface area contributed by atoms with E-state index in [2.05, 4.69) is 40.2 Å². The fourth-order valence-electron chi connectivity index (χ4n) is 8.00. The molecule has 0 aliphatic heterocycles. The van der Waals surface area contributed by atoms with Crippen LogP contribution in [-0.4, -0.2) is 100 Å². The van der Waals surface area contributed by atoms with Crippen LogP contribution < -0.4 is 16.0 Å². The molecule has 0 fully saturated rings. The highest BCUT2D eigenvalue weighted by Crippen LogP contribution is 2.44. The van der Waals surface area contributed by atoms with Crippen LogP contribution in [0.15, 0.2) is 78.9 Å². The fraction of sp³-hybridized carbons (Fsp3) is 0.566. The number of alkyl carbamates (subject to hydrolysis) is 1. The van der Waals surface area contributed by atoms with Crippen molar-refractivity contribution in [2.75, 3.05) is 59.3 Å². The van der Waals surface area contributed by atoms with Gasteiger partial charge in [0.1, 0.15) is 19.3 Å². The number of carbonyl (C=O) groups is 5. The summed E-state index contributed by atoms with van der Waals surface area (Å²) in [5.41, 5.74) is 5.57. The minimum absolute atomic E-state index is 0.0241. The first kappa shape index (κ1) is 54.3. The van der Waals surface area contributed by atoms with Crippen molar-refractivity contribution < 1.29 is 52.8 Å². The monoisotopic (exact) mass is 930 g/mol. The number of esters is 1. The van der Waals surface area contributed by atoms with Gasteiger partial charge in [0.25, 0.3) is 0 Å². The average Bonchev–Trinajstić information content (AvgIpc) is 3.66. The van der Waals surface area contributed by atoms with Crippen molar-refractivity contribution in [2.45, 2.75) is 134 Å². The molecule has 1 atom stereocenters. The molecule has 0 spiro atoms. The molecule has 0 aromatic heterocycles. The number of aliphatic carboxylic acids is 1. The highest BCUT2D eigenvalue weighted by atomic mass is 16.6. The number of ether oxygens (including phenoxy) is 5. The Labute approximate surface area is 397 Å². The van der Waals surface area contributed by atoms with Crippen molar-refractivity contribution in [2.24, 2.45) is 0 Å². The first-order valence-electron chi connectivity index (χ1n) is 24.6. The lowest BCUT2D eigenvalue weighted by molar-refractivity contribution is -0.149. The van der Waals surface area contributed by atoms with Gasteiger partial charge in [-0.25, -0.2) is 9.59 Å². The second kappa shape index (κ2) is 34.0. The molecule has 4 rings (SSSR count). The predicted molar refractivity (Wildman–Crippen MR) is 257 cm³/mol. The average molecular weight is 930 g/mol. The van der Waals surface area contributed by atoms with E-state index in [1.807, 2.05) is 54.6 Å². The molecule has 67 heavy (non-hydrogen) atoms. The largest absolute Gasteiger partial charge is 0.481 e. The van der Waals surface area contributed by atoms with Gasteiger partial charge in [-0.2, -0.15) is 0 Å². The van der Waals surface area contributed by atoms with Crippen LogP contribution in [0, 0.1) is 0 Å². The molecule has 14 nitrogen and oxygen atoms in total. The lowest BCUT2D eigenvalue weighted by Gasteiger charge is -2.18. The van der Waals surface area contributed by atoms with Crippen molar-refractivity contribution in [3.05, 3.63) is 95.6 Å². The molecule has 3 aromatic rings. The van der Waals surface area contributed by atoms with Gasteiger partial charge >= 0.3 is 18.0 Å². The quantitative estimate of drug-likeness (QED) is 0.0317. The lowest BCUT2D eigenvalue weighted by Crippen LogP contribution is -2.42. The molecule has 3 amide bonds. The predicted octanol–water partition coefficient (Wildman–Crippen LogP) is 9.03. The lowest BCUT2D eigenvalue weighted by atomic mass is 9.98. The Morgan fingerprint density at radius 3 is 1.57 bits per heavy atom. The van der Waals surface area contributed by atoms with E-state index in [9.17, 15) is 24.0 Å². The molecular weight excluding hydrogens is 855 g/mol. The van der Waals surface area contributed by atoms with Crippen LogP contribution in [0.4, 0.5) is 4.79 Å². The second-order valence-electron chi connectivity index (χ2n) is 17.0. The van der Waals surface area contributed by atoms with Gasteiger partial charge in [-0.15, -0.1) is 0 Å². The minimum Gasteiger partial charge on any atom is -0.481 e. The van der Waals surface area contributed by atoms with Gasteiger partial charge in [0.2, 0.25) is 11.8 Å². The van der Waals surface area contributed by atoms with Crippen molar-refractivity contribution >= 4 is 29.8 Å². The molecule has 1 aliphatic rings. The molecule has 4 N–H and O–H groups in total. The van der Waals surface area contributed by atoms with Gasteiger partial charge in [-0.3, -0.25) is 14.4 Å². The third-order valence-corrected chi connectivity index (χ3v) is 11.7. The van der Waals surface area contributed by atoms with E-state index in [0.717, 1.165) is 56.9 Å². The molecule has 0 saturated carbocycles. The summed E-state index contributed by atoms with van der Waals surface area (Å²) in [4.78, 5) is 61.5. The Balaban J connectivity index is 0.953. The second-order valence-corrected chi connectivity index (χ2v) is 17.0. The molecule has 0 saturated heterocycles. The SMILES string of the molecule is O=C(O)CCCCCCCCCCCCCCC(=O)NC(CCC(=O)NCCCOCCOCCOCCCNC(=O)OCC1c2ccccc2-c2ccccc21)C(=O)OCc1ccccc1. The number of benzene rings is 3. The summed E-state index contributed by atoms with van der Waals surface area (Å²) in [6, 6.07) is 24.9. The molecule has 1 aliphatic carbocycles. The van der Waals surface area contributed by atoms with Crippen LogP contribution in [0.5, 0.6) is 0 Å². The molecule has 3 aromatic carbocycles. The van der Waals surface area contributed by atoms with Gasteiger partial charge in [-0.1, -0.05) is 143 Å². The highest BCUT2D eigenvalue weighted by molar-refractivity contribution is 5.85. The summed E-state index contributed by atoms with van der Waals surface area (Å²) < 4.78 is 27.9. The van der Waals surface area contributed by atoms with E-state index in [1.54, 1.807) is 0 Å². The van der Waals surface area contributed by atoms with Crippen LogP contribution in [0.1, 0.15) is 138 Å². The Bertz CT molecular complexity index is 1830. The molecule has 0 heterocycles. The smallest absolute Gasteiger partial charge is 0.407 e. The van der Waals surface area contributed by atoms with Crippen LogP contribution in [0.2, 0.25) is 0 Å². The summed E-state index contributed by atoms with van der Waals surface area (Å²) in [5.74, 6) is -1.70. The van der Waals surface area contributed by atoms with E-state index in [-0.39, 0.29) is 50.2 Å². The third-order valence-electron chi connectivity index (χ3n) is 11.7. The number of rotatable bonds is 38. The van der Waals surface area contributed by atoms with Crippen molar-refractivity contribution in [1.82, 2.24) is 16.0 Å². The third kappa shape index (κ3) is 23.3. The van der Waals surface area contributed by atoms with E-state index >= 15 is 0 Å². The normalized spacial score (nSPS) is 12.2. The van der Waals surface area contributed by atoms with Crippen LogP contribution in [0.25, 0.3) is 11.1 Å². The highest BCUT2D eigenvalue weighted by Gasteiger charge is 2.29. The summed E-state index contributed by atoms with van der Waals surface area (Å²) in [7, 11) is 0. The number of carbonyl (C=O) groups excluding carboxylic acids is 4. The molecule has 368 valence electrons. The minimum atomic E-state index is -0.924. The Morgan fingerprint density at radius 1 is 0.507 bits per heavy atom. The van der Waals surface area contributed by atoms with E-state index in [4.69, 9.17) is 28.8 Å². The maximum Gasteiger partial charge on any atom is 0.407 e. The van der Waals surface area contributed by atoms with Crippen molar-refractivity contribution in [3.63, 3.8) is 0 Å². The van der Waals surface area contributed by atoms with Gasteiger partial charge in [0.05, 0.1) is 26.4 Å². The number of hydrogen-bond acceptors (Lipinski definition) is 10. The molecule has 0 radical (unpaired) electrons. The van der Waals surface area contributed by atoms with E-state index < -0.39 is 24.1 Å². The van der Waals surface area contributed by atoms with Gasteiger partial charge in [0, 0.05) is 51.5 Å². The number of carboxylic acids is 1. The van der Waals surface area contributed by atoms with Crippen LogP contribution in [0.3, 0.4) is 0 Å². The summed E-state index contributed by atoms with van der Waals surface area (Å²) in [6.45, 7) is 3.81. The molecule has 0 bridgehead atoms. The van der Waals surface area contributed by atoms with Crippen molar-refractivity contribution in [1.29, 1.82) is 0 Å². The molecule has 14 heteroatoms. The van der Waals surface area contributed by atoms with Gasteiger partial charge < -0.3 is 44.7 Å². The maximum atomic E-state index is 13.1. The van der Waals surface area contributed by atoms with E-state index in [0.29, 0.717) is 72.0 Å². The first-order valence-corrected chi connectivity index (χ1v) is 24.6. The summed E-state index contributed by atoms with van der Waals surface area (Å²) >= 11 is 0. The summed E-state index contributed by atoms with van der Waals surface area (Å²) in [6.07, 6.45) is 14.2. The molecule has 1 unspecified atom stereocenters. The maximum absolute atomic E-state index is 13.1. The number of unbranched alkanes of at least 4 members (excludes halogenated alkanes) is 11. The number of amides is 3. The topological polar surface area (TPSA) is 188 Å². The number of nitrogens with one attached hydrogen (secondary N) is 3. The standard InChI is InChI=1S/C53H75N3O11/c57-49(31-30-48(52(61)66-40-42-22-12-11-13-23-42)56-50(58)28-14-9-7-5-3-1-2-4-6-8-10-15-29-51(59)60)54-32-20-34-63-36-38-65-39-37-64-35-21-33-55-53(62)67-41-47-45-26-18-16-24-43(45)44-25-17-19-27-46(44)47/h11-13,16-19,22-27,47-48H,1-10,14-15,20-21,28-41H2,(H,54,57)(H,55,62)(H,56,58)(H,59,60). The zero-order chi connectivity index (χ0) is 47.6. The van der Waals surface area contributed by atoms with Crippen molar-refractivity contribution in [3.8, 4) is 11.1 Å². The van der Waals surface area contributed by atoms with Gasteiger partial charge in [-0.05, 0) is 59.9 Å². The fourth-order valence-corrected chi connectivity index (χ4v) is 8.00. The number of fused-ring (bicyclic) bond motifs is 3. The summed E-state index contributed by atoms with van der Waals surface area (Å²) in [5, 5.41) is 17.2. The Kier molecular flexibility index (Phi) is 27.6. The zero-order valence-electron chi connectivity index (χ0n) is 39.5. The Hall–Kier alpha value is -5.31. The van der Waals surface area contributed by atoms with E-state index in [1.165, 1.54) is 47.9 Å². The molecular formula is C53H75N3O11. The Morgan fingerprint density at radius 2 is 1.00 bits per heavy atom. The first-order chi connectivity index (χ1) is 32.8. The van der Waals surface area contributed by atoms with Crippen LogP contribution in [-0.2, 0) is 49.5 Å². The van der Waals surface area contributed by atoms with Gasteiger partial charge in [0.15, 0.2) is 0 Å². The zero-order valence-corrected chi connectivity index (χ0v) is 39.5. The van der Waals surface area contributed by atoms with Crippen LogP contribution >= 0.6 is 0 Å². The number of carboxylic acid groups (broad SMARTS) is 1. The number of hydrogen-bond donors (Lipinski definition) is 4.